The third kappa shape index (κ3) is 2.04. The molecule has 0 spiro atoms. The molecule has 0 aliphatic rings. The zero-order valence-electron chi connectivity index (χ0n) is 8.60. The fraction of sp³-hybridized carbons (Fsp3) is 0.167. The van der Waals surface area contributed by atoms with Crippen LogP contribution in [0.3, 0.4) is 0 Å². The lowest BCUT2D eigenvalue weighted by Gasteiger charge is -1.99. The predicted molar refractivity (Wildman–Crippen MR) is 69.0 cm³/mol. The summed E-state index contributed by atoms with van der Waals surface area (Å²) >= 11 is 3.66. The molecule has 0 amide bonds. The topological polar surface area (TPSA) is 25.2 Å². The molecule has 0 saturated heterocycles. The van der Waals surface area contributed by atoms with Crippen molar-refractivity contribution < 1.29 is 4.42 Å². The molecule has 16 heavy (non-hydrogen) atoms. The van der Waals surface area contributed by atoms with Gasteiger partial charge in [0.2, 0.25) is 0 Å². The monoisotopic (exact) mass is 249 g/mol. The largest absolute Gasteiger partial charge is 0.468 e. The van der Waals surface area contributed by atoms with Gasteiger partial charge in [0, 0.05) is 20.8 Å². The highest BCUT2D eigenvalue weighted by molar-refractivity contribution is 7.26. The van der Waals surface area contributed by atoms with E-state index >= 15 is 0 Å². The van der Waals surface area contributed by atoms with Gasteiger partial charge in [-0.1, -0.05) is 0 Å². The molecule has 0 aliphatic heterocycles. The molecule has 2 nitrogen and oxygen atoms in total. The zero-order valence-corrected chi connectivity index (χ0v) is 10.2. The molecule has 0 fully saturated rings. The minimum Gasteiger partial charge on any atom is -0.468 e. The number of furan rings is 1. The Balaban J connectivity index is 1.61. The molecule has 4 heteroatoms. The lowest BCUT2D eigenvalue weighted by molar-refractivity contribution is 0.484. The number of fused-ring (bicyclic) bond motifs is 1. The van der Waals surface area contributed by atoms with Crippen LogP contribution < -0.4 is 5.32 Å². The molecule has 82 valence electrons. The van der Waals surface area contributed by atoms with Crippen molar-refractivity contribution >= 4 is 32.1 Å². The van der Waals surface area contributed by atoms with E-state index in [9.17, 15) is 0 Å². The van der Waals surface area contributed by atoms with Crippen molar-refractivity contribution in [2.24, 2.45) is 0 Å². The van der Waals surface area contributed by atoms with E-state index in [-0.39, 0.29) is 0 Å². The fourth-order valence-electron chi connectivity index (χ4n) is 1.62. The van der Waals surface area contributed by atoms with Crippen molar-refractivity contribution in [2.75, 3.05) is 0 Å². The van der Waals surface area contributed by atoms with Gasteiger partial charge in [0.25, 0.3) is 0 Å². The first-order valence-electron chi connectivity index (χ1n) is 5.11. The second kappa shape index (κ2) is 4.41. The van der Waals surface area contributed by atoms with Crippen LogP contribution in [0.2, 0.25) is 0 Å². The van der Waals surface area contributed by atoms with Gasteiger partial charge in [-0.05, 0) is 29.6 Å². The molecule has 0 atom stereocenters. The van der Waals surface area contributed by atoms with Crippen LogP contribution in [0.15, 0.2) is 40.3 Å². The van der Waals surface area contributed by atoms with E-state index < -0.39 is 0 Å². The van der Waals surface area contributed by atoms with Gasteiger partial charge in [0.15, 0.2) is 0 Å². The van der Waals surface area contributed by atoms with Crippen LogP contribution in [0.4, 0.5) is 0 Å². The number of thiophene rings is 2. The number of hydrogen-bond donors (Lipinski definition) is 1. The van der Waals surface area contributed by atoms with Crippen molar-refractivity contribution in [3.05, 3.63) is 46.5 Å². The molecule has 0 radical (unpaired) electrons. The Bertz CT molecular complexity index is 536. The molecule has 0 bridgehead atoms. The molecule has 0 unspecified atom stereocenters. The minimum absolute atomic E-state index is 0.790. The van der Waals surface area contributed by atoms with Gasteiger partial charge in [-0.25, -0.2) is 0 Å². The maximum absolute atomic E-state index is 5.26. The van der Waals surface area contributed by atoms with Gasteiger partial charge in [-0.2, -0.15) is 0 Å². The molecular formula is C12H11NOS2. The molecule has 3 aromatic heterocycles. The fourth-order valence-corrected chi connectivity index (χ4v) is 3.73. The van der Waals surface area contributed by atoms with E-state index in [2.05, 4.69) is 22.8 Å². The van der Waals surface area contributed by atoms with E-state index in [0.717, 1.165) is 18.8 Å². The van der Waals surface area contributed by atoms with Crippen molar-refractivity contribution in [1.82, 2.24) is 5.32 Å². The van der Waals surface area contributed by atoms with Crippen molar-refractivity contribution in [3.8, 4) is 0 Å². The van der Waals surface area contributed by atoms with Gasteiger partial charge in [-0.15, -0.1) is 22.7 Å². The first-order chi connectivity index (χ1) is 7.92. The molecule has 0 saturated carbocycles. The maximum atomic E-state index is 5.26. The zero-order chi connectivity index (χ0) is 10.8. The molecule has 0 aromatic carbocycles. The van der Waals surface area contributed by atoms with Crippen molar-refractivity contribution in [3.63, 3.8) is 0 Å². The van der Waals surface area contributed by atoms with Gasteiger partial charge < -0.3 is 9.73 Å². The summed E-state index contributed by atoms with van der Waals surface area (Å²) in [7, 11) is 0. The lowest BCUT2D eigenvalue weighted by atomic mass is 10.4. The van der Waals surface area contributed by atoms with Crippen LogP contribution in [0.1, 0.15) is 10.6 Å². The van der Waals surface area contributed by atoms with Gasteiger partial charge in [-0.3, -0.25) is 0 Å². The molecule has 3 heterocycles. The summed E-state index contributed by atoms with van der Waals surface area (Å²) in [5.74, 6) is 0.985. The summed E-state index contributed by atoms with van der Waals surface area (Å²) in [5, 5.41) is 5.52. The van der Waals surface area contributed by atoms with E-state index in [1.54, 1.807) is 17.6 Å². The van der Waals surface area contributed by atoms with Gasteiger partial charge >= 0.3 is 0 Å². The second-order valence-electron chi connectivity index (χ2n) is 3.54. The number of rotatable bonds is 4. The number of hydrogen-bond acceptors (Lipinski definition) is 4. The van der Waals surface area contributed by atoms with Crippen LogP contribution in [0.25, 0.3) is 9.40 Å². The molecule has 1 N–H and O–H groups in total. The summed E-state index contributed by atoms with van der Waals surface area (Å²) in [6.07, 6.45) is 1.71. The molecular weight excluding hydrogens is 238 g/mol. The Morgan fingerprint density at radius 2 is 2.19 bits per heavy atom. The summed E-state index contributed by atoms with van der Waals surface area (Å²) < 4.78 is 8.04. The van der Waals surface area contributed by atoms with E-state index in [4.69, 9.17) is 4.42 Å². The standard InChI is InChI=1S/C12H11NOS2/c1-2-9(14-4-1)7-13-8-10-6-12-11(16-10)3-5-15-12/h1-6,13H,7-8H2. The van der Waals surface area contributed by atoms with Crippen molar-refractivity contribution in [1.29, 1.82) is 0 Å². The third-order valence-corrected chi connectivity index (χ3v) is 4.46. The second-order valence-corrected chi connectivity index (χ2v) is 5.66. The highest BCUT2D eigenvalue weighted by Gasteiger charge is 2.02. The van der Waals surface area contributed by atoms with E-state index in [0.29, 0.717) is 0 Å². The lowest BCUT2D eigenvalue weighted by Crippen LogP contribution is -2.10. The smallest absolute Gasteiger partial charge is 0.117 e. The van der Waals surface area contributed by atoms with Gasteiger partial charge in [0.05, 0.1) is 12.8 Å². The molecule has 3 aromatic rings. The first kappa shape index (κ1) is 10.1. The third-order valence-electron chi connectivity index (χ3n) is 2.37. The maximum Gasteiger partial charge on any atom is 0.117 e. The highest BCUT2D eigenvalue weighted by Crippen LogP contribution is 2.29. The SMILES string of the molecule is c1coc(CNCc2cc3sccc3s2)c1. The first-order valence-corrected chi connectivity index (χ1v) is 6.80. The van der Waals surface area contributed by atoms with E-state index in [1.165, 1.54) is 14.3 Å². The normalized spacial score (nSPS) is 11.2. The Morgan fingerprint density at radius 1 is 1.19 bits per heavy atom. The van der Waals surface area contributed by atoms with E-state index in [1.807, 2.05) is 23.5 Å². The Morgan fingerprint density at radius 3 is 3.00 bits per heavy atom. The van der Waals surface area contributed by atoms with Gasteiger partial charge in [0.1, 0.15) is 5.76 Å². The average molecular weight is 249 g/mol. The minimum atomic E-state index is 0.790. The van der Waals surface area contributed by atoms with Crippen molar-refractivity contribution in [2.45, 2.75) is 13.1 Å². The van der Waals surface area contributed by atoms with Crippen LogP contribution in [0.5, 0.6) is 0 Å². The summed E-state index contributed by atoms with van der Waals surface area (Å²) in [4.78, 5) is 1.38. The number of nitrogens with one attached hydrogen (secondary N) is 1. The van der Waals surface area contributed by atoms with Crippen LogP contribution in [-0.2, 0) is 13.1 Å². The quantitative estimate of drug-likeness (QED) is 0.760. The predicted octanol–water partition coefficient (Wildman–Crippen LogP) is 3.85. The summed E-state index contributed by atoms with van der Waals surface area (Å²) in [6.45, 7) is 1.70. The molecule has 3 rings (SSSR count). The summed E-state index contributed by atoms with van der Waals surface area (Å²) in [6, 6.07) is 8.35. The van der Waals surface area contributed by atoms with Crippen LogP contribution >= 0.6 is 22.7 Å². The van der Waals surface area contributed by atoms with Crippen LogP contribution in [-0.4, -0.2) is 0 Å². The Kier molecular flexibility index (Phi) is 2.78. The highest BCUT2D eigenvalue weighted by atomic mass is 32.1. The Labute approximate surface area is 102 Å². The van der Waals surface area contributed by atoms with Crippen LogP contribution in [0, 0.1) is 0 Å². The average Bonchev–Trinajstić information content (AvgIpc) is 2.91. The summed E-state index contributed by atoms with van der Waals surface area (Å²) in [5.41, 5.74) is 0. The Hall–Kier alpha value is -1.10. The molecule has 0 aliphatic carbocycles.